The largest absolute Gasteiger partial charge is 0.495 e. The number of hydrogen-bond acceptors (Lipinski definition) is 5. The Bertz CT molecular complexity index is 924. The molecule has 7 heteroatoms. The molecule has 1 aliphatic rings. The number of hydrogen-bond donors (Lipinski definition) is 1. The average Bonchev–Trinajstić information content (AvgIpc) is 2.65. The zero-order valence-corrected chi connectivity index (χ0v) is 16.8. The van der Waals surface area contributed by atoms with E-state index in [4.69, 9.17) is 14.2 Å². The van der Waals surface area contributed by atoms with Crippen molar-refractivity contribution >= 4 is 10.0 Å². The minimum absolute atomic E-state index is 0.0261. The summed E-state index contributed by atoms with van der Waals surface area (Å²) in [6, 6.07) is 10.2. The molecule has 2 aromatic rings. The lowest BCUT2D eigenvalue weighted by Crippen LogP contribution is -2.32. The predicted molar refractivity (Wildman–Crippen MR) is 103 cm³/mol. The third-order valence-electron chi connectivity index (χ3n) is 4.48. The summed E-state index contributed by atoms with van der Waals surface area (Å²) in [7, 11) is -2.32. The van der Waals surface area contributed by atoms with E-state index >= 15 is 0 Å². The van der Waals surface area contributed by atoms with Gasteiger partial charge in [-0.3, -0.25) is 0 Å². The number of benzene rings is 2. The number of ether oxygens (including phenoxy) is 3. The minimum atomic E-state index is -3.79. The van der Waals surface area contributed by atoms with Crippen LogP contribution in [0.25, 0.3) is 0 Å². The fourth-order valence-electron chi connectivity index (χ4n) is 3.07. The van der Waals surface area contributed by atoms with Crippen molar-refractivity contribution in [1.82, 2.24) is 4.72 Å². The molecule has 0 amide bonds. The maximum Gasteiger partial charge on any atom is 0.244 e. The summed E-state index contributed by atoms with van der Waals surface area (Å²) in [4.78, 5) is 0.133. The molecule has 1 atom stereocenters. The standard InChI is InChI=1S/C20H25NO5S/c1-13(2)20(15-6-8-16-18(12-15)26-10-9-25-16)21-27(22,23)19-11-14(3)5-7-17(19)24-4/h5-8,11-13,20-21H,9-10H2,1-4H3/t20-/m1/s1. The lowest BCUT2D eigenvalue weighted by atomic mass is 9.97. The monoisotopic (exact) mass is 391 g/mol. The second-order valence-electron chi connectivity index (χ2n) is 6.90. The molecule has 27 heavy (non-hydrogen) atoms. The second-order valence-corrected chi connectivity index (χ2v) is 8.58. The van der Waals surface area contributed by atoms with Gasteiger partial charge in [0.2, 0.25) is 10.0 Å². The first kappa shape index (κ1) is 19.5. The molecule has 0 radical (unpaired) electrons. The van der Waals surface area contributed by atoms with Crippen LogP contribution in [-0.4, -0.2) is 28.7 Å². The molecule has 0 bridgehead atoms. The molecule has 1 aliphatic heterocycles. The van der Waals surface area contributed by atoms with Gasteiger partial charge < -0.3 is 14.2 Å². The van der Waals surface area contributed by atoms with E-state index in [1.807, 2.05) is 45.0 Å². The SMILES string of the molecule is COc1ccc(C)cc1S(=O)(=O)N[C@@H](c1ccc2c(c1)OCCO2)C(C)C. The van der Waals surface area contributed by atoms with Crippen LogP contribution in [0.15, 0.2) is 41.3 Å². The van der Waals surface area contributed by atoms with Crippen molar-refractivity contribution in [2.45, 2.75) is 31.7 Å². The Morgan fingerprint density at radius 1 is 1.04 bits per heavy atom. The van der Waals surface area contributed by atoms with E-state index in [0.29, 0.717) is 30.5 Å². The molecule has 146 valence electrons. The van der Waals surface area contributed by atoms with Crippen molar-refractivity contribution < 1.29 is 22.6 Å². The van der Waals surface area contributed by atoms with Gasteiger partial charge in [0, 0.05) is 6.04 Å². The zero-order valence-electron chi connectivity index (χ0n) is 16.0. The summed E-state index contributed by atoms with van der Waals surface area (Å²) in [5, 5.41) is 0. The zero-order chi connectivity index (χ0) is 19.6. The van der Waals surface area contributed by atoms with E-state index in [9.17, 15) is 8.42 Å². The number of methoxy groups -OCH3 is 1. The molecular weight excluding hydrogens is 366 g/mol. The minimum Gasteiger partial charge on any atom is -0.495 e. The molecule has 1 N–H and O–H groups in total. The number of rotatable bonds is 6. The summed E-state index contributed by atoms with van der Waals surface area (Å²) in [5.41, 5.74) is 1.67. The molecule has 0 aliphatic carbocycles. The van der Waals surface area contributed by atoms with Crippen LogP contribution < -0.4 is 18.9 Å². The Labute approximate surface area is 160 Å². The van der Waals surface area contributed by atoms with Gasteiger partial charge in [-0.2, -0.15) is 0 Å². The third-order valence-corrected chi connectivity index (χ3v) is 5.95. The molecule has 0 fully saturated rings. The van der Waals surface area contributed by atoms with Gasteiger partial charge in [0.25, 0.3) is 0 Å². The number of aryl methyl sites for hydroxylation is 1. The van der Waals surface area contributed by atoms with Crippen molar-refractivity contribution in [3.05, 3.63) is 47.5 Å². The van der Waals surface area contributed by atoms with Gasteiger partial charge in [-0.05, 0) is 48.2 Å². The van der Waals surface area contributed by atoms with Gasteiger partial charge in [0.1, 0.15) is 23.9 Å². The number of nitrogens with one attached hydrogen (secondary N) is 1. The van der Waals surface area contributed by atoms with Crippen LogP contribution in [0.4, 0.5) is 0 Å². The van der Waals surface area contributed by atoms with Gasteiger partial charge in [0.15, 0.2) is 11.5 Å². The van der Waals surface area contributed by atoms with Gasteiger partial charge in [-0.25, -0.2) is 13.1 Å². The summed E-state index contributed by atoms with van der Waals surface area (Å²) < 4.78 is 45.5. The van der Waals surface area contributed by atoms with Crippen LogP contribution in [0.1, 0.15) is 31.0 Å². The fraction of sp³-hybridized carbons (Fsp3) is 0.400. The molecule has 0 spiro atoms. The Kier molecular flexibility index (Phi) is 5.62. The lowest BCUT2D eigenvalue weighted by molar-refractivity contribution is 0.171. The molecular formula is C20H25NO5S. The molecule has 0 unspecified atom stereocenters. The van der Waals surface area contributed by atoms with E-state index in [1.54, 1.807) is 12.1 Å². The van der Waals surface area contributed by atoms with Crippen LogP contribution >= 0.6 is 0 Å². The summed E-state index contributed by atoms with van der Waals surface area (Å²) in [6.07, 6.45) is 0. The van der Waals surface area contributed by atoms with E-state index in [1.165, 1.54) is 7.11 Å². The van der Waals surface area contributed by atoms with Crippen LogP contribution in [0.2, 0.25) is 0 Å². The van der Waals surface area contributed by atoms with Crippen molar-refractivity contribution in [3.63, 3.8) is 0 Å². The van der Waals surface area contributed by atoms with Gasteiger partial charge in [0.05, 0.1) is 7.11 Å². The highest BCUT2D eigenvalue weighted by molar-refractivity contribution is 7.89. The summed E-state index contributed by atoms with van der Waals surface area (Å²) in [6.45, 7) is 6.78. The topological polar surface area (TPSA) is 73.9 Å². The van der Waals surface area contributed by atoms with Crippen LogP contribution in [0.5, 0.6) is 17.2 Å². The normalized spacial score (nSPS) is 14.9. The highest BCUT2D eigenvalue weighted by Crippen LogP contribution is 2.35. The molecule has 0 saturated carbocycles. The molecule has 0 aromatic heterocycles. The fourth-order valence-corrected chi connectivity index (χ4v) is 4.69. The van der Waals surface area contributed by atoms with Crippen LogP contribution in [-0.2, 0) is 10.0 Å². The molecule has 6 nitrogen and oxygen atoms in total. The Hall–Kier alpha value is -2.25. The Morgan fingerprint density at radius 2 is 1.74 bits per heavy atom. The maximum absolute atomic E-state index is 13.1. The smallest absolute Gasteiger partial charge is 0.244 e. The molecule has 2 aromatic carbocycles. The first-order valence-corrected chi connectivity index (χ1v) is 10.4. The van der Waals surface area contributed by atoms with Gasteiger partial charge in [-0.1, -0.05) is 26.0 Å². The van der Waals surface area contributed by atoms with E-state index in [0.717, 1.165) is 11.1 Å². The molecule has 0 saturated heterocycles. The highest BCUT2D eigenvalue weighted by atomic mass is 32.2. The Balaban J connectivity index is 1.96. The van der Waals surface area contributed by atoms with E-state index in [2.05, 4.69) is 4.72 Å². The summed E-state index contributed by atoms with van der Waals surface area (Å²) >= 11 is 0. The van der Waals surface area contributed by atoms with Crippen molar-refractivity contribution in [2.75, 3.05) is 20.3 Å². The number of fused-ring (bicyclic) bond motifs is 1. The van der Waals surface area contributed by atoms with Crippen molar-refractivity contribution in [2.24, 2.45) is 5.92 Å². The predicted octanol–water partition coefficient (Wildman–Crippen LogP) is 3.45. The highest BCUT2D eigenvalue weighted by Gasteiger charge is 2.27. The van der Waals surface area contributed by atoms with Gasteiger partial charge in [-0.15, -0.1) is 0 Å². The lowest BCUT2D eigenvalue weighted by Gasteiger charge is -2.25. The van der Waals surface area contributed by atoms with Crippen molar-refractivity contribution in [3.8, 4) is 17.2 Å². The van der Waals surface area contributed by atoms with E-state index in [-0.39, 0.29) is 10.8 Å². The maximum atomic E-state index is 13.1. The number of sulfonamides is 1. The van der Waals surface area contributed by atoms with E-state index < -0.39 is 16.1 Å². The van der Waals surface area contributed by atoms with Crippen molar-refractivity contribution in [1.29, 1.82) is 0 Å². The van der Waals surface area contributed by atoms with Gasteiger partial charge >= 0.3 is 0 Å². The quantitative estimate of drug-likeness (QED) is 0.816. The summed E-state index contributed by atoms with van der Waals surface area (Å²) in [5.74, 6) is 1.66. The average molecular weight is 391 g/mol. The van der Waals surface area contributed by atoms with Crippen LogP contribution in [0.3, 0.4) is 0 Å². The molecule has 3 rings (SSSR count). The second kappa shape index (κ2) is 7.78. The Morgan fingerprint density at radius 3 is 2.41 bits per heavy atom. The first-order chi connectivity index (χ1) is 12.8. The molecule has 1 heterocycles. The third kappa shape index (κ3) is 4.20. The van der Waals surface area contributed by atoms with Crippen LogP contribution in [0, 0.1) is 12.8 Å². The first-order valence-electron chi connectivity index (χ1n) is 8.88.